The molecule has 0 aromatic carbocycles. The molecule has 0 spiro atoms. The molecule has 1 saturated heterocycles. The van der Waals surface area contributed by atoms with Crippen LogP contribution < -0.4 is 0 Å². The zero-order valence-electron chi connectivity index (χ0n) is 10.3. The van der Waals surface area contributed by atoms with Crippen molar-refractivity contribution in [2.24, 2.45) is 17.8 Å². The minimum absolute atomic E-state index is 0.210. The number of aliphatic hydroxyl groups excluding tert-OH is 1. The molecule has 16 heavy (non-hydrogen) atoms. The Hall–Kier alpha value is -0.770. The molecule has 92 valence electrons. The van der Waals surface area contributed by atoms with Crippen LogP contribution in [-0.4, -0.2) is 41.4 Å². The Kier molecular flexibility index (Phi) is 2.86. The van der Waals surface area contributed by atoms with Gasteiger partial charge in [0.1, 0.15) is 5.60 Å². The molecule has 1 aliphatic carbocycles. The first-order chi connectivity index (χ1) is 7.40. The van der Waals surface area contributed by atoms with E-state index >= 15 is 0 Å². The van der Waals surface area contributed by atoms with E-state index in [1.807, 2.05) is 20.8 Å². The fourth-order valence-electron chi connectivity index (χ4n) is 2.73. The third-order valence-electron chi connectivity index (χ3n) is 3.59. The Labute approximate surface area is 96.6 Å². The first-order valence-electron chi connectivity index (χ1n) is 5.99. The summed E-state index contributed by atoms with van der Waals surface area (Å²) >= 11 is 0. The van der Waals surface area contributed by atoms with Crippen LogP contribution in [0.1, 0.15) is 27.2 Å². The van der Waals surface area contributed by atoms with Crippen LogP contribution >= 0.6 is 0 Å². The van der Waals surface area contributed by atoms with E-state index in [1.54, 1.807) is 4.90 Å². The summed E-state index contributed by atoms with van der Waals surface area (Å²) in [5.41, 5.74) is -0.422. The fourth-order valence-corrected chi connectivity index (χ4v) is 2.73. The number of carbonyl (C=O) groups excluding carboxylic acids is 1. The summed E-state index contributed by atoms with van der Waals surface area (Å²) in [6, 6.07) is 0. The second-order valence-electron chi connectivity index (χ2n) is 5.99. The maximum Gasteiger partial charge on any atom is 0.410 e. The Balaban J connectivity index is 1.87. The van der Waals surface area contributed by atoms with E-state index in [4.69, 9.17) is 9.84 Å². The summed E-state index contributed by atoms with van der Waals surface area (Å²) in [7, 11) is 0. The molecular formula is C12H21NO3. The summed E-state index contributed by atoms with van der Waals surface area (Å²) in [6.07, 6.45) is 0.846. The number of rotatable bonds is 1. The number of hydrogen-bond acceptors (Lipinski definition) is 3. The third-order valence-corrected chi connectivity index (χ3v) is 3.59. The van der Waals surface area contributed by atoms with Crippen LogP contribution in [0.15, 0.2) is 0 Å². The van der Waals surface area contributed by atoms with Crippen molar-refractivity contribution in [3.8, 4) is 0 Å². The van der Waals surface area contributed by atoms with Crippen LogP contribution in [0.3, 0.4) is 0 Å². The minimum atomic E-state index is -0.422. The molecule has 1 amide bonds. The number of aliphatic hydroxyl groups is 1. The lowest BCUT2D eigenvalue weighted by Gasteiger charge is -2.37. The van der Waals surface area contributed by atoms with Gasteiger partial charge < -0.3 is 14.7 Å². The zero-order chi connectivity index (χ0) is 11.9. The number of carbonyl (C=O) groups is 1. The zero-order valence-corrected chi connectivity index (χ0v) is 10.3. The van der Waals surface area contributed by atoms with Crippen LogP contribution in [0.2, 0.25) is 0 Å². The molecule has 0 bridgehead atoms. The number of fused-ring (bicyclic) bond motifs is 1. The summed E-state index contributed by atoms with van der Waals surface area (Å²) in [5, 5.41) is 9.11. The monoisotopic (exact) mass is 227 g/mol. The van der Waals surface area contributed by atoms with E-state index in [1.165, 1.54) is 0 Å². The predicted octanol–water partition coefficient (Wildman–Crippen LogP) is 1.48. The average Bonchev–Trinajstić information content (AvgIpc) is 2.43. The molecule has 0 aromatic rings. The van der Waals surface area contributed by atoms with Crippen LogP contribution in [0.25, 0.3) is 0 Å². The van der Waals surface area contributed by atoms with E-state index in [9.17, 15) is 4.79 Å². The molecule has 1 N–H and O–H groups in total. The first kappa shape index (κ1) is 11.7. The Morgan fingerprint density at radius 3 is 2.69 bits per heavy atom. The van der Waals surface area contributed by atoms with Gasteiger partial charge in [-0.3, -0.25) is 0 Å². The third kappa shape index (κ3) is 2.17. The van der Waals surface area contributed by atoms with Gasteiger partial charge in [0.15, 0.2) is 0 Å². The van der Waals surface area contributed by atoms with E-state index in [2.05, 4.69) is 0 Å². The maximum atomic E-state index is 11.8. The van der Waals surface area contributed by atoms with Crippen molar-refractivity contribution in [1.29, 1.82) is 0 Å². The highest BCUT2D eigenvalue weighted by Gasteiger charge is 2.48. The predicted molar refractivity (Wildman–Crippen MR) is 60.0 cm³/mol. The normalized spacial score (nSPS) is 33.2. The fraction of sp³-hybridized carbons (Fsp3) is 0.917. The second kappa shape index (κ2) is 3.91. The van der Waals surface area contributed by atoms with E-state index in [0.717, 1.165) is 19.5 Å². The van der Waals surface area contributed by atoms with Crippen molar-refractivity contribution in [3.63, 3.8) is 0 Å². The number of hydrogen-bond donors (Lipinski definition) is 1. The van der Waals surface area contributed by atoms with Crippen molar-refractivity contribution < 1.29 is 14.6 Å². The highest BCUT2D eigenvalue weighted by atomic mass is 16.6. The van der Waals surface area contributed by atoms with Gasteiger partial charge in [0.05, 0.1) is 0 Å². The van der Waals surface area contributed by atoms with E-state index < -0.39 is 5.60 Å². The smallest absolute Gasteiger partial charge is 0.410 e. The van der Waals surface area contributed by atoms with Gasteiger partial charge in [-0.2, -0.15) is 0 Å². The summed E-state index contributed by atoms with van der Waals surface area (Å²) in [5.74, 6) is 1.49. The molecule has 3 atom stereocenters. The lowest BCUT2D eigenvalue weighted by atomic mass is 9.67. The van der Waals surface area contributed by atoms with Crippen molar-refractivity contribution >= 4 is 6.09 Å². The van der Waals surface area contributed by atoms with Crippen molar-refractivity contribution in [3.05, 3.63) is 0 Å². The molecule has 1 saturated carbocycles. The van der Waals surface area contributed by atoms with Crippen molar-refractivity contribution in [2.45, 2.75) is 32.8 Å². The van der Waals surface area contributed by atoms with E-state index in [-0.39, 0.29) is 12.7 Å². The lowest BCUT2D eigenvalue weighted by Crippen LogP contribution is -2.37. The molecular weight excluding hydrogens is 206 g/mol. The number of likely N-dealkylation sites (tertiary alicyclic amines) is 1. The minimum Gasteiger partial charge on any atom is -0.444 e. The van der Waals surface area contributed by atoms with Gasteiger partial charge in [0.25, 0.3) is 0 Å². The highest BCUT2D eigenvalue weighted by Crippen LogP contribution is 2.45. The van der Waals surface area contributed by atoms with Crippen LogP contribution in [0, 0.1) is 17.8 Å². The van der Waals surface area contributed by atoms with Gasteiger partial charge in [0, 0.05) is 19.7 Å². The Morgan fingerprint density at radius 2 is 2.12 bits per heavy atom. The molecule has 4 nitrogen and oxygen atoms in total. The molecule has 2 aliphatic rings. The molecule has 0 unspecified atom stereocenters. The first-order valence-corrected chi connectivity index (χ1v) is 5.99. The van der Waals surface area contributed by atoms with Gasteiger partial charge in [0.2, 0.25) is 0 Å². The van der Waals surface area contributed by atoms with Gasteiger partial charge >= 0.3 is 6.09 Å². The van der Waals surface area contributed by atoms with Gasteiger partial charge in [-0.15, -0.1) is 0 Å². The number of nitrogens with zero attached hydrogens (tertiary/aromatic N) is 1. The molecule has 4 heteroatoms. The quantitative estimate of drug-likeness (QED) is 0.738. The standard InChI is InChI=1S/C12H21NO3/c1-12(2,3)16-11(15)13-5-8-4-9(7-14)10(8)6-13/h8-10,14H,4-7H2,1-3H3/t8-,9+,10+/m0/s1. The molecule has 2 rings (SSSR count). The second-order valence-corrected chi connectivity index (χ2v) is 5.99. The largest absolute Gasteiger partial charge is 0.444 e. The van der Waals surface area contributed by atoms with Crippen LogP contribution in [0.5, 0.6) is 0 Å². The number of ether oxygens (including phenoxy) is 1. The maximum absolute atomic E-state index is 11.8. The molecule has 2 fully saturated rings. The SMILES string of the molecule is CC(C)(C)OC(=O)N1C[C@@H]2C[C@H](CO)[C@@H]2C1. The van der Waals surface area contributed by atoms with Gasteiger partial charge in [-0.1, -0.05) is 0 Å². The van der Waals surface area contributed by atoms with Gasteiger partial charge in [-0.25, -0.2) is 4.79 Å². The van der Waals surface area contributed by atoms with Crippen molar-refractivity contribution in [1.82, 2.24) is 4.90 Å². The number of amides is 1. The van der Waals surface area contributed by atoms with Crippen molar-refractivity contribution in [2.75, 3.05) is 19.7 Å². The molecule has 1 aliphatic heterocycles. The molecule has 1 heterocycles. The topological polar surface area (TPSA) is 49.8 Å². The Morgan fingerprint density at radius 1 is 1.44 bits per heavy atom. The van der Waals surface area contributed by atoms with Crippen LogP contribution in [0.4, 0.5) is 4.79 Å². The summed E-state index contributed by atoms with van der Waals surface area (Å²) in [4.78, 5) is 13.6. The highest BCUT2D eigenvalue weighted by molar-refractivity contribution is 5.68. The Bertz CT molecular complexity index is 284. The average molecular weight is 227 g/mol. The summed E-state index contributed by atoms with van der Waals surface area (Å²) < 4.78 is 5.34. The van der Waals surface area contributed by atoms with Crippen LogP contribution in [-0.2, 0) is 4.74 Å². The molecule has 0 radical (unpaired) electrons. The van der Waals surface area contributed by atoms with E-state index in [0.29, 0.717) is 17.8 Å². The van der Waals surface area contributed by atoms with Gasteiger partial charge in [-0.05, 0) is 44.9 Å². The summed E-state index contributed by atoms with van der Waals surface area (Å²) in [6.45, 7) is 7.45. The molecule has 0 aromatic heterocycles. The lowest BCUT2D eigenvalue weighted by molar-refractivity contribution is 0.0283.